The van der Waals surface area contributed by atoms with Gasteiger partial charge in [0.05, 0.1) is 28.7 Å². The lowest BCUT2D eigenvalue weighted by molar-refractivity contribution is -0.148. The van der Waals surface area contributed by atoms with Gasteiger partial charge in [0.1, 0.15) is 0 Å². The minimum absolute atomic E-state index is 0.0414. The van der Waals surface area contributed by atoms with Crippen molar-refractivity contribution in [3.63, 3.8) is 0 Å². The van der Waals surface area contributed by atoms with Gasteiger partial charge in [-0.15, -0.1) is 0 Å². The van der Waals surface area contributed by atoms with Crippen LogP contribution in [-0.2, 0) is 19.6 Å². The van der Waals surface area contributed by atoms with Gasteiger partial charge in [0.25, 0.3) is 10.0 Å². The number of carbonyl (C=O) groups is 2. The summed E-state index contributed by atoms with van der Waals surface area (Å²) in [5, 5.41) is 9.31. The first-order chi connectivity index (χ1) is 14.3. The number of nitrogens with one attached hydrogen (secondary N) is 1. The number of aromatic carboxylic acids is 1. The number of aromatic nitrogens is 1. The number of benzene rings is 1. The van der Waals surface area contributed by atoms with E-state index in [9.17, 15) is 23.1 Å². The van der Waals surface area contributed by atoms with Crippen LogP contribution in [0.1, 0.15) is 30.1 Å². The molecule has 3 rings (SSSR count). The number of sulfonamides is 1. The zero-order valence-electron chi connectivity index (χ0n) is 16.4. The molecule has 1 atom stereocenters. The van der Waals surface area contributed by atoms with Crippen LogP contribution in [0.5, 0.6) is 0 Å². The van der Waals surface area contributed by atoms with E-state index in [2.05, 4.69) is 9.71 Å². The molecule has 160 valence electrons. The number of nitrogens with zero attached hydrogens (tertiary/aromatic N) is 2. The summed E-state index contributed by atoms with van der Waals surface area (Å²) in [6, 6.07) is 8.99. The highest BCUT2D eigenvalue weighted by atomic mass is 32.2. The number of rotatable bonds is 7. The predicted molar refractivity (Wildman–Crippen MR) is 110 cm³/mol. The molecule has 2 N–H and O–H groups in total. The molecule has 1 aliphatic heterocycles. The number of anilines is 2. The molecule has 0 unspecified atom stereocenters. The van der Waals surface area contributed by atoms with Crippen LogP contribution in [0.4, 0.5) is 11.5 Å². The average Bonchev–Trinajstić information content (AvgIpc) is 2.74. The van der Waals surface area contributed by atoms with E-state index in [-0.39, 0.29) is 40.5 Å². The van der Waals surface area contributed by atoms with Gasteiger partial charge >= 0.3 is 11.9 Å². The summed E-state index contributed by atoms with van der Waals surface area (Å²) in [7, 11) is -3.96. The average molecular weight is 433 g/mol. The fourth-order valence-corrected chi connectivity index (χ4v) is 4.40. The van der Waals surface area contributed by atoms with Gasteiger partial charge in [-0.25, -0.2) is 18.2 Å². The van der Waals surface area contributed by atoms with Crippen LogP contribution in [0.25, 0.3) is 0 Å². The van der Waals surface area contributed by atoms with Gasteiger partial charge < -0.3 is 14.7 Å². The molecule has 1 aliphatic rings. The van der Waals surface area contributed by atoms with Crippen molar-refractivity contribution in [2.24, 2.45) is 5.92 Å². The molecule has 0 bridgehead atoms. The number of ether oxygens (including phenoxy) is 1. The maximum atomic E-state index is 12.8. The van der Waals surface area contributed by atoms with Crippen molar-refractivity contribution in [1.82, 2.24) is 4.98 Å². The van der Waals surface area contributed by atoms with E-state index in [1.807, 2.05) is 0 Å². The first kappa shape index (κ1) is 21.6. The van der Waals surface area contributed by atoms with E-state index in [0.29, 0.717) is 25.9 Å². The SMILES string of the molecule is CCOC(=O)[C@H]1CCCN(c2ncc(C(=O)O)cc2NS(=O)(=O)c2ccccc2)C1. The number of carboxylic acid groups (broad SMARTS) is 1. The molecule has 2 aromatic rings. The normalized spacial score (nSPS) is 16.7. The third-order valence-corrected chi connectivity index (χ3v) is 6.13. The van der Waals surface area contributed by atoms with Crippen molar-refractivity contribution in [2.75, 3.05) is 29.3 Å². The second-order valence-corrected chi connectivity index (χ2v) is 8.54. The molecular weight excluding hydrogens is 410 g/mol. The zero-order chi connectivity index (χ0) is 21.7. The molecule has 1 aromatic heterocycles. The number of pyridine rings is 1. The molecule has 0 radical (unpaired) electrons. The van der Waals surface area contributed by atoms with Gasteiger partial charge in [0, 0.05) is 19.3 Å². The summed E-state index contributed by atoms with van der Waals surface area (Å²) in [5.41, 5.74) is -0.105. The third kappa shape index (κ3) is 4.88. The molecule has 2 heterocycles. The van der Waals surface area contributed by atoms with Gasteiger partial charge in [0.15, 0.2) is 5.82 Å². The van der Waals surface area contributed by atoms with Crippen molar-refractivity contribution in [1.29, 1.82) is 0 Å². The Labute approximate surface area is 174 Å². The predicted octanol–water partition coefficient (Wildman–Crippen LogP) is 2.36. The Kier molecular flexibility index (Phi) is 6.56. The van der Waals surface area contributed by atoms with Gasteiger partial charge in [-0.2, -0.15) is 0 Å². The molecule has 10 heteroatoms. The van der Waals surface area contributed by atoms with Crippen LogP contribution in [0.2, 0.25) is 0 Å². The fourth-order valence-electron chi connectivity index (χ4n) is 3.33. The van der Waals surface area contributed by atoms with E-state index in [4.69, 9.17) is 4.74 Å². The van der Waals surface area contributed by atoms with Crippen molar-refractivity contribution >= 4 is 33.5 Å². The molecule has 1 fully saturated rings. The molecule has 0 spiro atoms. The van der Waals surface area contributed by atoms with Crippen molar-refractivity contribution in [3.8, 4) is 0 Å². The highest BCUT2D eigenvalue weighted by Crippen LogP contribution is 2.31. The quantitative estimate of drug-likeness (QED) is 0.638. The van der Waals surface area contributed by atoms with Crippen LogP contribution < -0.4 is 9.62 Å². The van der Waals surface area contributed by atoms with E-state index in [1.165, 1.54) is 24.4 Å². The minimum atomic E-state index is -3.96. The lowest BCUT2D eigenvalue weighted by Gasteiger charge is -2.33. The summed E-state index contributed by atoms with van der Waals surface area (Å²) in [4.78, 5) is 29.6. The van der Waals surface area contributed by atoms with Crippen LogP contribution in [0.15, 0.2) is 47.5 Å². The molecule has 0 aliphatic carbocycles. The zero-order valence-corrected chi connectivity index (χ0v) is 17.3. The number of esters is 1. The molecule has 0 saturated carbocycles. The highest BCUT2D eigenvalue weighted by Gasteiger charge is 2.30. The maximum Gasteiger partial charge on any atom is 0.337 e. The Balaban J connectivity index is 1.95. The monoisotopic (exact) mass is 433 g/mol. The first-order valence-corrected chi connectivity index (χ1v) is 11.0. The van der Waals surface area contributed by atoms with Crippen LogP contribution in [0.3, 0.4) is 0 Å². The summed E-state index contributed by atoms with van der Waals surface area (Å²) in [6.07, 6.45) is 2.52. The van der Waals surface area contributed by atoms with Crippen LogP contribution in [0, 0.1) is 5.92 Å². The Bertz CT molecular complexity index is 1030. The minimum Gasteiger partial charge on any atom is -0.478 e. The number of carbonyl (C=O) groups excluding carboxylic acids is 1. The standard InChI is InChI=1S/C20H23N3O6S/c1-2-29-20(26)14-7-6-10-23(13-14)18-17(11-15(12-21-18)19(24)25)22-30(27,28)16-8-4-3-5-9-16/h3-5,8-9,11-12,14,22H,2,6-7,10,13H2,1H3,(H,24,25)/t14-/m0/s1. The molecule has 0 amide bonds. The van der Waals surface area contributed by atoms with E-state index in [1.54, 1.807) is 30.0 Å². The van der Waals surface area contributed by atoms with E-state index >= 15 is 0 Å². The Morgan fingerprint density at radius 1 is 1.30 bits per heavy atom. The lowest BCUT2D eigenvalue weighted by Crippen LogP contribution is -2.40. The Morgan fingerprint density at radius 3 is 2.70 bits per heavy atom. The number of hydrogen-bond donors (Lipinski definition) is 2. The van der Waals surface area contributed by atoms with Gasteiger partial charge in [-0.1, -0.05) is 18.2 Å². The highest BCUT2D eigenvalue weighted by molar-refractivity contribution is 7.92. The van der Waals surface area contributed by atoms with Crippen LogP contribution in [-0.4, -0.2) is 50.1 Å². The van der Waals surface area contributed by atoms with Crippen molar-refractivity contribution in [3.05, 3.63) is 48.2 Å². The van der Waals surface area contributed by atoms with Crippen molar-refractivity contribution < 1.29 is 27.9 Å². The third-order valence-electron chi connectivity index (χ3n) is 4.75. The fraction of sp³-hybridized carbons (Fsp3) is 0.350. The number of piperidine rings is 1. The number of hydrogen-bond acceptors (Lipinski definition) is 7. The van der Waals surface area contributed by atoms with E-state index < -0.39 is 16.0 Å². The molecule has 1 aromatic carbocycles. The maximum absolute atomic E-state index is 12.8. The largest absolute Gasteiger partial charge is 0.478 e. The lowest BCUT2D eigenvalue weighted by atomic mass is 9.98. The summed E-state index contributed by atoms with van der Waals surface area (Å²) >= 11 is 0. The first-order valence-electron chi connectivity index (χ1n) is 9.54. The summed E-state index contributed by atoms with van der Waals surface area (Å²) in [6.45, 7) is 2.87. The summed E-state index contributed by atoms with van der Waals surface area (Å²) in [5.74, 6) is -1.63. The number of carboxylic acids is 1. The second-order valence-electron chi connectivity index (χ2n) is 6.86. The Hall–Kier alpha value is -3.14. The topological polar surface area (TPSA) is 126 Å². The van der Waals surface area contributed by atoms with Crippen molar-refractivity contribution in [2.45, 2.75) is 24.7 Å². The van der Waals surface area contributed by atoms with E-state index in [0.717, 1.165) is 0 Å². The van der Waals surface area contributed by atoms with Crippen LogP contribution >= 0.6 is 0 Å². The molecular formula is C20H23N3O6S. The summed E-state index contributed by atoms with van der Waals surface area (Å²) < 4.78 is 33.2. The van der Waals surface area contributed by atoms with Gasteiger partial charge in [-0.05, 0) is 38.0 Å². The Morgan fingerprint density at radius 2 is 2.03 bits per heavy atom. The van der Waals surface area contributed by atoms with Gasteiger partial charge in [0.2, 0.25) is 0 Å². The second kappa shape index (κ2) is 9.12. The molecule has 30 heavy (non-hydrogen) atoms. The van der Waals surface area contributed by atoms with Gasteiger partial charge in [-0.3, -0.25) is 9.52 Å². The smallest absolute Gasteiger partial charge is 0.337 e. The molecule has 1 saturated heterocycles. The molecule has 9 nitrogen and oxygen atoms in total.